The van der Waals surface area contributed by atoms with Crippen LogP contribution in [0.2, 0.25) is 0 Å². The van der Waals surface area contributed by atoms with Crippen LogP contribution in [0, 0.1) is 33.5 Å². The van der Waals surface area contributed by atoms with Gasteiger partial charge >= 0.3 is 5.91 Å². The van der Waals surface area contributed by atoms with Crippen molar-refractivity contribution >= 4 is 5.84 Å². The molecule has 0 radical (unpaired) electrons. The van der Waals surface area contributed by atoms with Crippen LogP contribution in [-0.2, 0) is 14.9 Å². The number of nitrogens with zero attached hydrogens (tertiary/aromatic N) is 2. The third-order valence-electron chi connectivity index (χ3n) is 5.77. The molecule has 1 saturated carbocycles. The largest absolute Gasteiger partial charge is 0.344 e. The van der Waals surface area contributed by atoms with E-state index in [1.807, 2.05) is 44.2 Å². The van der Waals surface area contributed by atoms with Crippen molar-refractivity contribution in [2.45, 2.75) is 31.3 Å². The van der Waals surface area contributed by atoms with Crippen LogP contribution >= 0.6 is 0 Å². The fourth-order valence-corrected chi connectivity index (χ4v) is 4.71. The quantitative estimate of drug-likeness (QED) is 0.729. The Morgan fingerprint density at radius 2 is 1.96 bits per heavy atom. The van der Waals surface area contributed by atoms with E-state index in [2.05, 4.69) is 17.1 Å². The molecule has 1 saturated heterocycles. The highest BCUT2D eigenvalue weighted by Gasteiger charge is 3.03. The molecule has 2 fully saturated rings. The molecule has 1 aromatic rings. The summed E-state index contributed by atoms with van der Waals surface area (Å²) in [7, 11) is 0. The molecule has 116 valence electrons. The lowest BCUT2D eigenvalue weighted by Gasteiger charge is -2.27. The molecule has 6 nitrogen and oxygen atoms in total. The molecule has 2 heterocycles. The van der Waals surface area contributed by atoms with Crippen molar-refractivity contribution in [2.24, 2.45) is 16.6 Å². The Morgan fingerprint density at radius 1 is 1.26 bits per heavy atom. The maximum atomic E-state index is 10.1. The molecule has 23 heavy (non-hydrogen) atoms. The van der Waals surface area contributed by atoms with E-state index in [0.717, 1.165) is 5.56 Å². The zero-order valence-corrected chi connectivity index (χ0v) is 13.0. The van der Waals surface area contributed by atoms with E-state index >= 15 is 0 Å². The van der Waals surface area contributed by atoms with Gasteiger partial charge in [0.25, 0.3) is 5.84 Å². The summed E-state index contributed by atoms with van der Waals surface area (Å²) in [5, 5.41) is 20.1. The van der Waals surface area contributed by atoms with Gasteiger partial charge in [-0.1, -0.05) is 37.3 Å². The first-order valence-electron chi connectivity index (χ1n) is 7.56. The summed E-state index contributed by atoms with van der Waals surface area (Å²) in [6.45, 7) is 4.10. The highest BCUT2D eigenvalue weighted by molar-refractivity contribution is 5.97. The molecule has 0 unspecified atom stereocenters. The highest BCUT2D eigenvalue weighted by Crippen LogP contribution is 2.82. The number of rotatable bonds is 1. The van der Waals surface area contributed by atoms with Gasteiger partial charge in [0, 0.05) is 0 Å². The second-order valence-electron chi connectivity index (χ2n) is 6.61. The van der Waals surface area contributed by atoms with Gasteiger partial charge in [0.15, 0.2) is 10.8 Å². The van der Waals surface area contributed by atoms with Gasteiger partial charge in [0.2, 0.25) is 0 Å². The molecule has 4 rings (SSSR count). The molecule has 0 amide bonds. The Hall–Kier alpha value is -2.41. The molecular formula is C17H17N4O2+. The molecule has 0 aromatic heterocycles. The van der Waals surface area contributed by atoms with E-state index in [-0.39, 0.29) is 11.9 Å². The van der Waals surface area contributed by atoms with Gasteiger partial charge in [-0.05, 0) is 12.5 Å². The summed E-state index contributed by atoms with van der Waals surface area (Å²) in [6, 6.07) is 14.1. The van der Waals surface area contributed by atoms with Crippen molar-refractivity contribution in [3.8, 4) is 12.1 Å². The number of fused-ring (bicyclic) bond motifs is 2. The maximum Gasteiger partial charge on any atom is 0.344 e. The first-order chi connectivity index (χ1) is 11.0. The summed E-state index contributed by atoms with van der Waals surface area (Å²) in [5.41, 5.74) is 3.84. The summed E-state index contributed by atoms with van der Waals surface area (Å²) in [5.74, 6) is -1.15. The van der Waals surface area contributed by atoms with Gasteiger partial charge in [0.1, 0.15) is 0 Å². The molecule has 1 aliphatic carbocycles. The highest BCUT2D eigenvalue weighted by atomic mass is 16.8. The number of nitrogens with one attached hydrogen (secondary N) is 1. The van der Waals surface area contributed by atoms with E-state index in [4.69, 9.17) is 15.2 Å². The number of amidine groups is 1. The standard InChI is InChI=1S/C17H16N4O2/c1-11-8-22-17(23-11)16(10-19)14(2,12-6-4-3-5-7-12)15(16,9-18)13(20)21-17/h3-7,11H,8H2,1-2H3,(H2,20,21)/p+1/t11-,14-,15-,16+,17-/m0/s1. The number of benzene rings is 1. The SMILES string of the molecule is C[C@H]1CO[C@]2([NH+]=C(N)[C@@]3(C#N)[C@](C)(c4ccccc4)[C@@]23C#N)O1. The molecule has 5 atom stereocenters. The summed E-state index contributed by atoms with van der Waals surface area (Å²) >= 11 is 0. The topological polar surface area (TPSA) is 106 Å². The molecule has 6 heteroatoms. The van der Waals surface area contributed by atoms with Crippen LogP contribution in [0.3, 0.4) is 0 Å². The van der Waals surface area contributed by atoms with Crippen LogP contribution in [0.25, 0.3) is 0 Å². The van der Waals surface area contributed by atoms with E-state index in [9.17, 15) is 10.5 Å². The minimum Gasteiger partial charge on any atom is -0.311 e. The Morgan fingerprint density at radius 3 is 2.48 bits per heavy atom. The van der Waals surface area contributed by atoms with Gasteiger partial charge in [-0.25, -0.2) is 4.99 Å². The summed E-state index contributed by atoms with van der Waals surface area (Å²) in [6.07, 6.45) is -0.185. The second-order valence-corrected chi connectivity index (χ2v) is 6.61. The van der Waals surface area contributed by atoms with Crippen LogP contribution in [-0.4, -0.2) is 24.5 Å². The van der Waals surface area contributed by atoms with E-state index in [0.29, 0.717) is 6.61 Å². The summed E-state index contributed by atoms with van der Waals surface area (Å²) < 4.78 is 11.8. The Bertz CT molecular complexity index is 810. The predicted octanol–water partition coefficient (Wildman–Crippen LogP) is -0.482. The lowest BCUT2D eigenvalue weighted by molar-refractivity contribution is -0.679. The zero-order valence-electron chi connectivity index (χ0n) is 13.0. The molecule has 1 spiro atoms. The minimum absolute atomic E-state index is 0.185. The van der Waals surface area contributed by atoms with Crippen molar-refractivity contribution in [2.75, 3.05) is 6.61 Å². The molecule has 1 aromatic carbocycles. The molecule has 3 N–H and O–H groups in total. The van der Waals surface area contributed by atoms with Gasteiger partial charge < -0.3 is 9.47 Å². The third-order valence-corrected chi connectivity index (χ3v) is 5.77. The average Bonchev–Trinajstić information content (AvgIpc) is 2.74. The molecule has 3 aliphatic rings. The normalized spacial score (nSPS) is 46.8. The maximum absolute atomic E-state index is 10.1. The smallest absolute Gasteiger partial charge is 0.311 e. The Labute approximate surface area is 134 Å². The van der Waals surface area contributed by atoms with Crippen molar-refractivity contribution in [3.05, 3.63) is 35.9 Å². The number of nitriles is 2. The minimum atomic E-state index is -1.38. The second kappa shape index (κ2) is 3.91. The molecular weight excluding hydrogens is 292 g/mol. The first kappa shape index (κ1) is 14.2. The zero-order chi connectivity index (χ0) is 16.5. The van der Waals surface area contributed by atoms with Crippen molar-refractivity contribution in [1.29, 1.82) is 10.5 Å². The molecule has 0 bridgehead atoms. The van der Waals surface area contributed by atoms with Crippen LogP contribution < -0.4 is 10.7 Å². The van der Waals surface area contributed by atoms with Gasteiger partial charge in [-0.3, -0.25) is 5.73 Å². The number of ether oxygens (including phenoxy) is 2. The fourth-order valence-electron chi connectivity index (χ4n) is 4.71. The number of hydrogen-bond acceptors (Lipinski definition) is 5. The van der Waals surface area contributed by atoms with E-state index in [1.54, 1.807) is 0 Å². The number of hydrogen-bond donors (Lipinski definition) is 2. The predicted molar refractivity (Wildman–Crippen MR) is 79.3 cm³/mol. The monoisotopic (exact) mass is 309 g/mol. The van der Waals surface area contributed by atoms with Gasteiger partial charge in [0.05, 0.1) is 30.3 Å². The third kappa shape index (κ3) is 1.12. The summed E-state index contributed by atoms with van der Waals surface area (Å²) in [4.78, 5) is 2.97. The van der Waals surface area contributed by atoms with Crippen molar-refractivity contribution in [1.82, 2.24) is 0 Å². The fraction of sp³-hybridized carbons (Fsp3) is 0.471. The van der Waals surface area contributed by atoms with Crippen LogP contribution in [0.5, 0.6) is 0 Å². The first-order valence-corrected chi connectivity index (χ1v) is 7.56. The van der Waals surface area contributed by atoms with Crippen molar-refractivity contribution < 1.29 is 14.5 Å². The lowest BCUT2D eigenvalue weighted by atomic mass is 9.85. The molecule has 2 aliphatic heterocycles. The van der Waals surface area contributed by atoms with Gasteiger partial charge in [-0.15, -0.1) is 0 Å². The van der Waals surface area contributed by atoms with Crippen molar-refractivity contribution in [3.63, 3.8) is 0 Å². The van der Waals surface area contributed by atoms with E-state index in [1.165, 1.54) is 0 Å². The Kier molecular flexibility index (Phi) is 2.42. The van der Waals surface area contributed by atoms with Crippen LogP contribution in [0.1, 0.15) is 19.4 Å². The van der Waals surface area contributed by atoms with Gasteiger partial charge in [-0.2, -0.15) is 10.5 Å². The average molecular weight is 309 g/mol. The number of nitrogens with two attached hydrogens (primary N) is 1. The Balaban J connectivity index is 2.01. The lowest BCUT2D eigenvalue weighted by Crippen LogP contribution is -2.90. The van der Waals surface area contributed by atoms with E-state index < -0.39 is 22.2 Å². The van der Waals surface area contributed by atoms with Crippen LogP contribution in [0.4, 0.5) is 0 Å². The van der Waals surface area contributed by atoms with Crippen LogP contribution in [0.15, 0.2) is 30.3 Å².